The van der Waals surface area contributed by atoms with Crippen LogP contribution in [0.4, 0.5) is 0 Å². The fraction of sp³-hybridized carbons (Fsp3) is 0.200. The molecule has 0 fully saturated rings. The summed E-state index contributed by atoms with van der Waals surface area (Å²) in [6, 6.07) is 9.23. The van der Waals surface area contributed by atoms with Crippen LogP contribution in [0.25, 0.3) is 0 Å². The second-order valence-corrected chi connectivity index (χ2v) is 3.22. The molecule has 1 unspecified atom stereocenters. The summed E-state index contributed by atoms with van der Waals surface area (Å²) in [5.41, 5.74) is 9.80. The molecule has 1 amide bonds. The Kier molecular flexibility index (Phi) is 2.28. The van der Waals surface area contributed by atoms with E-state index in [4.69, 9.17) is 5.73 Å². The van der Waals surface area contributed by atoms with Crippen molar-refractivity contribution in [3.63, 3.8) is 0 Å². The first-order valence-electron chi connectivity index (χ1n) is 4.43. The normalized spacial score (nSPS) is 20.5. The molecular weight excluding hydrogens is 178 g/mol. The quantitative estimate of drug-likeness (QED) is 0.689. The molecule has 3 N–H and O–H groups in total. The minimum absolute atomic E-state index is 0.226. The number of hydrazone groups is 1. The number of benzene rings is 1. The van der Waals surface area contributed by atoms with Crippen molar-refractivity contribution in [2.75, 3.05) is 0 Å². The number of nitrogens with zero attached hydrogens (tertiary/aromatic N) is 1. The van der Waals surface area contributed by atoms with Gasteiger partial charge in [-0.3, -0.25) is 4.79 Å². The van der Waals surface area contributed by atoms with Crippen molar-refractivity contribution in [2.24, 2.45) is 10.8 Å². The van der Waals surface area contributed by atoms with Gasteiger partial charge >= 0.3 is 0 Å². The number of amides is 1. The number of hydrogen-bond donors (Lipinski definition) is 2. The Morgan fingerprint density at radius 1 is 1.36 bits per heavy atom. The van der Waals surface area contributed by atoms with E-state index in [0.717, 1.165) is 5.56 Å². The van der Waals surface area contributed by atoms with Crippen molar-refractivity contribution < 1.29 is 4.79 Å². The molecule has 72 valence electrons. The van der Waals surface area contributed by atoms with E-state index in [-0.39, 0.29) is 5.91 Å². The predicted octanol–water partition coefficient (Wildman–Crippen LogP) is 0.0422. The fourth-order valence-corrected chi connectivity index (χ4v) is 1.37. The highest BCUT2D eigenvalue weighted by molar-refractivity contribution is 6.12. The van der Waals surface area contributed by atoms with E-state index in [1.54, 1.807) is 0 Å². The van der Waals surface area contributed by atoms with Gasteiger partial charge in [-0.1, -0.05) is 30.3 Å². The summed E-state index contributed by atoms with van der Waals surface area (Å²) in [6.07, 6.45) is 0.626. The largest absolute Gasteiger partial charge is 0.315 e. The van der Waals surface area contributed by atoms with E-state index >= 15 is 0 Å². The second kappa shape index (κ2) is 3.59. The molecule has 0 radical (unpaired) electrons. The van der Waals surface area contributed by atoms with E-state index in [1.807, 2.05) is 30.3 Å². The summed E-state index contributed by atoms with van der Waals surface area (Å²) in [5.74, 6) is -0.226. The average molecular weight is 189 g/mol. The molecule has 0 saturated heterocycles. The molecule has 1 atom stereocenters. The molecule has 2 rings (SSSR count). The van der Waals surface area contributed by atoms with E-state index in [9.17, 15) is 4.79 Å². The van der Waals surface area contributed by atoms with Crippen LogP contribution in [0.15, 0.2) is 35.4 Å². The summed E-state index contributed by atoms with van der Waals surface area (Å²) in [4.78, 5) is 11.0. The molecule has 4 heteroatoms. The summed E-state index contributed by atoms with van der Waals surface area (Å²) in [7, 11) is 0. The van der Waals surface area contributed by atoms with Crippen LogP contribution < -0.4 is 11.2 Å². The summed E-state index contributed by atoms with van der Waals surface area (Å²) in [6.45, 7) is 0. The number of rotatable bonds is 2. The molecule has 1 aromatic rings. The van der Waals surface area contributed by atoms with Crippen LogP contribution in [0.3, 0.4) is 0 Å². The Balaban J connectivity index is 2.10. The summed E-state index contributed by atoms with van der Waals surface area (Å²) >= 11 is 0. The van der Waals surface area contributed by atoms with Crippen LogP contribution in [0, 0.1) is 0 Å². The van der Waals surface area contributed by atoms with Gasteiger partial charge in [0.1, 0.15) is 6.04 Å². The summed E-state index contributed by atoms with van der Waals surface area (Å²) in [5, 5.41) is 3.89. The Morgan fingerprint density at radius 2 is 2.07 bits per heavy atom. The molecule has 0 spiro atoms. The van der Waals surface area contributed by atoms with Gasteiger partial charge in [0.25, 0.3) is 5.91 Å². The van der Waals surface area contributed by atoms with Crippen LogP contribution >= 0.6 is 0 Å². The third-order valence-corrected chi connectivity index (χ3v) is 2.18. The maximum atomic E-state index is 11.0. The summed E-state index contributed by atoms with van der Waals surface area (Å²) < 4.78 is 0. The van der Waals surface area contributed by atoms with Crippen molar-refractivity contribution in [2.45, 2.75) is 12.5 Å². The van der Waals surface area contributed by atoms with Gasteiger partial charge in [0.15, 0.2) is 0 Å². The van der Waals surface area contributed by atoms with Crippen molar-refractivity contribution >= 4 is 11.6 Å². The lowest BCUT2D eigenvalue weighted by atomic mass is 10.0. The van der Waals surface area contributed by atoms with Gasteiger partial charge in [0, 0.05) is 6.42 Å². The highest BCUT2D eigenvalue weighted by Gasteiger charge is 2.25. The van der Waals surface area contributed by atoms with Gasteiger partial charge in [-0.25, -0.2) is 5.43 Å². The van der Waals surface area contributed by atoms with Crippen molar-refractivity contribution in [1.29, 1.82) is 0 Å². The maximum Gasteiger partial charge on any atom is 0.262 e. The Hall–Kier alpha value is -1.68. The monoisotopic (exact) mass is 189 g/mol. The van der Waals surface area contributed by atoms with Gasteiger partial charge < -0.3 is 5.73 Å². The first kappa shape index (κ1) is 8.90. The van der Waals surface area contributed by atoms with E-state index in [0.29, 0.717) is 12.1 Å². The molecule has 4 nitrogen and oxygen atoms in total. The zero-order valence-corrected chi connectivity index (χ0v) is 7.60. The fourth-order valence-electron chi connectivity index (χ4n) is 1.37. The molecular formula is C10H11N3O. The molecule has 1 heterocycles. The Morgan fingerprint density at radius 3 is 2.64 bits per heavy atom. The van der Waals surface area contributed by atoms with Gasteiger partial charge in [-0.2, -0.15) is 5.10 Å². The van der Waals surface area contributed by atoms with Gasteiger partial charge in [-0.15, -0.1) is 0 Å². The maximum absolute atomic E-state index is 11.0. The second-order valence-electron chi connectivity index (χ2n) is 3.22. The third-order valence-electron chi connectivity index (χ3n) is 2.18. The highest BCUT2D eigenvalue weighted by Crippen LogP contribution is 2.05. The number of nitrogens with two attached hydrogens (primary N) is 1. The van der Waals surface area contributed by atoms with Crippen molar-refractivity contribution in [3.05, 3.63) is 35.9 Å². The molecule has 0 saturated carbocycles. The number of hydrogen-bond acceptors (Lipinski definition) is 3. The van der Waals surface area contributed by atoms with Crippen LogP contribution in [0.5, 0.6) is 0 Å². The highest BCUT2D eigenvalue weighted by atomic mass is 16.2. The molecule has 1 aliphatic rings. The minimum atomic E-state index is -0.588. The zero-order valence-electron chi connectivity index (χ0n) is 7.60. The number of carbonyl (C=O) groups excluding carboxylic acids is 1. The van der Waals surface area contributed by atoms with E-state index < -0.39 is 6.04 Å². The van der Waals surface area contributed by atoms with Crippen molar-refractivity contribution in [1.82, 2.24) is 5.43 Å². The lowest BCUT2D eigenvalue weighted by Crippen LogP contribution is -2.38. The van der Waals surface area contributed by atoms with E-state index in [2.05, 4.69) is 10.5 Å². The standard InChI is InChI=1S/C10H11N3O/c11-9-8(12-13-10(9)14)6-7-4-2-1-3-5-7/h1-5,9H,6,11H2,(H,13,14). The molecule has 1 aromatic carbocycles. The number of carbonyl (C=O) groups is 1. The van der Waals surface area contributed by atoms with Gasteiger partial charge in [0.2, 0.25) is 0 Å². The Bertz CT molecular complexity index is 372. The van der Waals surface area contributed by atoms with Crippen LogP contribution in [0.1, 0.15) is 5.56 Å². The lowest BCUT2D eigenvalue weighted by molar-refractivity contribution is -0.120. The zero-order chi connectivity index (χ0) is 9.97. The van der Waals surface area contributed by atoms with Crippen LogP contribution in [0.2, 0.25) is 0 Å². The van der Waals surface area contributed by atoms with Crippen LogP contribution in [-0.2, 0) is 11.2 Å². The predicted molar refractivity (Wildman–Crippen MR) is 53.7 cm³/mol. The topological polar surface area (TPSA) is 67.5 Å². The van der Waals surface area contributed by atoms with Gasteiger partial charge in [0.05, 0.1) is 5.71 Å². The molecule has 1 aliphatic heterocycles. The smallest absolute Gasteiger partial charge is 0.262 e. The third kappa shape index (κ3) is 1.65. The average Bonchev–Trinajstić information content (AvgIpc) is 2.52. The van der Waals surface area contributed by atoms with E-state index in [1.165, 1.54) is 0 Å². The molecule has 0 aliphatic carbocycles. The molecule has 0 aromatic heterocycles. The molecule has 0 bridgehead atoms. The van der Waals surface area contributed by atoms with Crippen molar-refractivity contribution in [3.8, 4) is 0 Å². The first-order valence-corrected chi connectivity index (χ1v) is 4.43. The number of nitrogens with one attached hydrogen (secondary N) is 1. The molecule has 14 heavy (non-hydrogen) atoms. The first-order chi connectivity index (χ1) is 6.77. The SMILES string of the molecule is NC1C(=O)NN=C1Cc1ccccc1. The van der Waals surface area contributed by atoms with Gasteiger partial charge in [-0.05, 0) is 5.56 Å². The lowest BCUT2D eigenvalue weighted by Gasteiger charge is -2.03. The Labute approximate surface area is 81.8 Å². The minimum Gasteiger partial charge on any atom is -0.315 e. The van der Waals surface area contributed by atoms with Crippen LogP contribution in [-0.4, -0.2) is 17.7 Å².